The number of carboxylic acids is 1. The van der Waals surface area contributed by atoms with Crippen LogP contribution in [0.25, 0.3) is 0 Å². The van der Waals surface area contributed by atoms with E-state index in [2.05, 4.69) is 6.58 Å². The van der Waals surface area contributed by atoms with Crippen molar-refractivity contribution in [1.29, 1.82) is 0 Å². The van der Waals surface area contributed by atoms with Crippen molar-refractivity contribution >= 4 is 29.7 Å². The SMILES string of the molecule is C=CCOC(=O)N1C[C@@H](SC2=C(C(=O)O)N3C(=O)[C@H]([C@@H](C)O)[C@H]3[C@H]2C)C[C@]1(C)n1cc[n+](C)c1. The van der Waals surface area contributed by atoms with Gasteiger partial charge in [0.1, 0.15) is 24.7 Å². The molecule has 3 aliphatic heterocycles. The van der Waals surface area contributed by atoms with Gasteiger partial charge >= 0.3 is 12.1 Å². The summed E-state index contributed by atoms with van der Waals surface area (Å²) < 4.78 is 9.19. The molecule has 4 heterocycles. The highest BCUT2D eigenvalue weighted by molar-refractivity contribution is 8.03. The molecule has 3 aliphatic rings. The zero-order valence-corrected chi connectivity index (χ0v) is 20.6. The number of imidazole rings is 1. The van der Waals surface area contributed by atoms with Crippen LogP contribution in [0.1, 0.15) is 27.2 Å². The van der Waals surface area contributed by atoms with Gasteiger partial charge in [-0.15, -0.1) is 11.8 Å². The second kappa shape index (κ2) is 8.77. The summed E-state index contributed by atoms with van der Waals surface area (Å²) in [6, 6.07) is -0.369. The first-order chi connectivity index (χ1) is 16.0. The largest absolute Gasteiger partial charge is 0.477 e. The normalized spacial score (nSPS) is 31.4. The monoisotopic (exact) mass is 491 g/mol. The van der Waals surface area contributed by atoms with Gasteiger partial charge in [-0.2, -0.15) is 0 Å². The van der Waals surface area contributed by atoms with E-state index in [1.165, 1.54) is 22.7 Å². The molecule has 1 aromatic rings. The Kier molecular flexibility index (Phi) is 6.28. The highest BCUT2D eigenvalue weighted by atomic mass is 32.2. The Bertz CT molecular complexity index is 1070. The second-order valence-electron chi connectivity index (χ2n) is 9.40. The molecule has 4 rings (SSSR count). The van der Waals surface area contributed by atoms with Crippen molar-refractivity contribution in [3.8, 4) is 0 Å². The second-order valence-corrected chi connectivity index (χ2v) is 10.7. The van der Waals surface area contributed by atoms with Crippen molar-refractivity contribution in [2.24, 2.45) is 18.9 Å². The zero-order valence-electron chi connectivity index (χ0n) is 19.7. The van der Waals surface area contributed by atoms with Crippen LogP contribution in [0.2, 0.25) is 0 Å². The van der Waals surface area contributed by atoms with Crippen molar-refractivity contribution in [2.75, 3.05) is 13.2 Å². The summed E-state index contributed by atoms with van der Waals surface area (Å²) in [6.45, 7) is 9.45. The summed E-state index contributed by atoms with van der Waals surface area (Å²) in [7, 11) is 1.89. The molecule has 0 saturated carbocycles. The number of rotatable bonds is 7. The van der Waals surface area contributed by atoms with E-state index >= 15 is 0 Å². The van der Waals surface area contributed by atoms with Gasteiger partial charge in [-0.3, -0.25) is 9.69 Å². The van der Waals surface area contributed by atoms with E-state index in [1.54, 1.807) is 11.8 Å². The van der Waals surface area contributed by atoms with Crippen molar-refractivity contribution in [3.05, 3.63) is 42.0 Å². The van der Waals surface area contributed by atoms with Gasteiger partial charge in [0.25, 0.3) is 0 Å². The van der Waals surface area contributed by atoms with Crippen molar-refractivity contribution < 1.29 is 33.9 Å². The Morgan fingerprint density at radius 1 is 1.47 bits per heavy atom. The summed E-state index contributed by atoms with van der Waals surface area (Å²) in [5.41, 5.74) is -0.730. The molecule has 2 fully saturated rings. The Hall–Kier alpha value is -2.79. The number of aliphatic hydroxyl groups excluding tert-OH is 1. The highest BCUT2D eigenvalue weighted by Crippen LogP contribution is 2.53. The highest BCUT2D eigenvalue weighted by Gasteiger charge is 2.61. The topological polar surface area (TPSA) is 116 Å². The van der Waals surface area contributed by atoms with Crippen molar-refractivity contribution in [2.45, 2.75) is 50.3 Å². The lowest BCUT2D eigenvalue weighted by atomic mass is 9.79. The average molecular weight is 492 g/mol. The summed E-state index contributed by atoms with van der Waals surface area (Å²) in [5, 5.41) is 19.9. The van der Waals surface area contributed by atoms with Gasteiger partial charge in [0.05, 0.1) is 25.1 Å². The number of thioether (sulfide) groups is 1. The number of fused-ring (bicyclic) bond motifs is 1. The zero-order chi connectivity index (χ0) is 24.9. The van der Waals surface area contributed by atoms with E-state index in [4.69, 9.17) is 4.74 Å². The fraction of sp³-hybridized carbons (Fsp3) is 0.565. The van der Waals surface area contributed by atoms with E-state index in [0.717, 1.165) is 0 Å². The van der Waals surface area contributed by atoms with Crippen LogP contribution in [-0.4, -0.2) is 73.1 Å². The number of carbonyl (C=O) groups is 3. The first-order valence-electron chi connectivity index (χ1n) is 11.3. The number of β-lactam (4-membered cyclic amide) rings is 1. The maximum absolute atomic E-state index is 12.9. The van der Waals surface area contributed by atoms with Crippen LogP contribution >= 0.6 is 11.8 Å². The van der Waals surface area contributed by atoms with Crippen molar-refractivity contribution in [1.82, 2.24) is 14.4 Å². The van der Waals surface area contributed by atoms with Gasteiger partial charge in [-0.25, -0.2) is 18.7 Å². The maximum Gasteiger partial charge on any atom is 0.413 e. The molecule has 0 unspecified atom stereocenters. The lowest BCUT2D eigenvalue weighted by Gasteiger charge is -2.46. The van der Waals surface area contributed by atoms with Gasteiger partial charge in [0.2, 0.25) is 12.2 Å². The average Bonchev–Trinajstić information content (AvgIpc) is 3.41. The van der Waals surface area contributed by atoms with Crippen LogP contribution in [0.5, 0.6) is 0 Å². The fourth-order valence-corrected chi connectivity index (χ4v) is 7.04. The smallest absolute Gasteiger partial charge is 0.413 e. The Labute approximate surface area is 202 Å². The first kappa shape index (κ1) is 24.3. The van der Waals surface area contributed by atoms with Crippen molar-refractivity contribution in [3.63, 3.8) is 0 Å². The Balaban J connectivity index is 1.64. The third-order valence-electron chi connectivity index (χ3n) is 7.06. The van der Waals surface area contributed by atoms with E-state index in [1.807, 2.05) is 48.8 Å². The molecule has 10 nitrogen and oxygen atoms in total. The minimum atomic E-state index is -1.16. The minimum absolute atomic E-state index is 0.00819. The number of nitrogens with zero attached hydrogens (tertiary/aromatic N) is 4. The quantitative estimate of drug-likeness (QED) is 0.335. The standard InChI is InChI=1S/C23H30N4O6S/c1-6-9-33-22(32)26-11-15(10-23(26,4)25-8-7-24(5)12-25)34-19-13(2)17-16(14(3)28)20(29)27(17)18(19)21(30)31/h6-8,12-17,28H,1,9-11H2,2-5H3/p+1/t13-,14-,15+,16-,17-,23-/m1/s1. The third kappa shape index (κ3) is 3.70. The van der Waals surface area contributed by atoms with E-state index < -0.39 is 29.7 Å². The molecule has 0 radical (unpaired) electrons. The van der Waals surface area contributed by atoms with Crippen LogP contribution < -0.4 is 4.57 Å². The third-order valence-corrected chi connectivity index (χ3v) is 8.53. The van der Waals surface area contributed by atoms with Crippen LogP contribution in [0.3, 0.4) is 0 Å². The molecule has 0 bridgehead atoms. The van der Waals surface area contributed by atoms with E-state index in [0.29, 0.717) is 17.9 Å². The molecule has 184 valence electrons. The molecular formula is C23H31N4O6S+. The van der Waals surface area contributed by atoms with Crippen LogP contribution in [0, 0.1) is 11.8 Å². The molecule has 11 heteroatoms. The number of aliphatic carboxylic acids is 1. The summed E-state index contributed by atoms with van der Waals surface area (Å²) >= 11 is 1.40. The lowest BCUT2D eigenvalue weighted by Crippen LogP contribution is -2.63. The lowest BCUT2D eigenvalue weighted by molar-refractivity contribution is -0.671. The van der Waals surface area contributed by atoms with Crippen LogP contribution in [0.4, 0.5) is 4.79 Å². The Morgan fingerprint density at radius 3 is 2.74 bits per heavy atom. The van der Waals surface area contributed by atoms with Gasteiger partial charge in [-0.05, 0) is 13.8 Å². The molecule has 0 spiro atoms. The summed E-state index contributed by atoms with van der Waals surface area (Å²) in [6.07, 6.45) is 6.40. The number of hydrogen-bond acceptors (Lipinski definition) is 6. The van der Waals surface area contributed by atoms with E-state index in [9.17, 15) is 24.6 Å². The number of ether oxygens (including phenoxy) is 1. The molecule has 0 aliphatic carbocycles. The minimum Gasteiger partial charge on any atom is -0.477 e. The number of carbonyl (C=O) groups excluding carboxylic acids is 2. The van der Waals surface area contributed by atoms with Gasteiger partial charge in [0.15, 0.2) is 5.66 Å². The number of amides is 2. The van der Waals surface area contributed by atoms with Crippen LogP contribution in [-0.2, 0) is 27.0 Å². The molecule has 0 aromatic carbocycles. The molecular weight excluding hydrogens is 460 g/mol. The molecule has 1 aromatic heterocycles. The number of aryl methyl sites for hydroxylation is 1. The van der Waals surface area contributed by atoms with Gasteiger partial charge < -0.3 is 19.8 Å². The number of aliphatic hydroxyl groups is 1. The first-order valence-corrected chi connectivity index (χ1v) is 12.1. The predicted octanol–water partition coefficient (Wildman–Crippen LogP) is 1.27. The summed E-state index contributed by atoms with van der Waals surface area (Å²) in [4.78, 5) is 41.3. The van der Waals surface area contributed by atoms with Gasteiger partial charge in [0, 0.05) is 29.0 Å². The van der Waals surface area contributed by atoms with Crippen LogP contribution in [0.15, 0.2) is 42.0 Å². The molecule has 2 N–H and O–H groups in total. The number of likely N-dealkylation sites (tertiary alicyclic amines) is 1. The molecule has 34 heavy (non-hydrogen) atoms. The molecule has 2 amide bonds. The number of hydrogen-bond donors (Lipinski definition) is 2. The Morgan fingerprint density at radius 2 is 2.18 bits per heavy atom. The molecule has 2 saturated heterocycles. The maximum atomic E-state index is 12.9. The van der Waals surface area contributed by atoms with Gasteiger partial charge in [-0.1, -0.05) is 19.6 Å². The van der Waals surface area contributed by atoms with E-state index in [-0.39, 0.29) is 35.4 Å². The molecule has 6 atom stereocenters. The number of aromatic nitrogens is 2. The fourth-order valence-electron chi connectivity index (χ4n) is 5.40. The summed E-state index contributed by atoms with van der Waals surface area (Å²) in [5.74, 6) is -2.35. The number of carboxylic acid groups (broad SMARTS) is 1. The predicted molar refractivity (Wildman–Crippen MR) is 123 cm³/mol.